The molecule has 0 aliphatic heterocycles. The van der Waals surface area contributed by atoms with Crippen molar-refractivity contribution in [2.24, 2.45) is 0 Å². The Morgan fingerprint density at radius 3 is 1.35 bits per heavy atom. The van der Waals surface area contributed by atoms with Crippen molar-refractivity contribution >= 4 is 19.7 Å². The van der Waals surface area contributed by atoms with Crippen LogP contribution in [-0.2, 0) is 19.7 Å². The van der Waals surface area contributed by atoms with E-state index in [1.165, 1.54) is 0 Å². The summed E-state index contributed by atoms with van der Waals surface area (Å²) in [6.45, 7) is 3.83. The summed E-state index contributed by atoms with van der Waals surface area (Å²) in [7, 11) is -6.88. The van der Waals surface area contributed by atoms with Crippen LogP contribution in [0, 0.1) is 13.8 Å². The number of aryl methyl sites for hydroxylation is 2. The first-order valence-corrected chi connectivity index (χ1v) is 13.6. The first-order chi connectivity index (χ1) is 14.7. The Kier molecular flexibility index (Phi) is 7.34. The Labute approximate surface area is 185 Å². The van der Waals surface area contributed by atoms with Crippen LogP contribution in [0.3, 0.4) is 0 Å². The van der Waals surface area contributed by atoms with Crippen molar-refractivity contribution in [2.75, 3.05) is 11.5 Å². The number of benzene rings is 3. The van der Waals surface area contributed by atoms with Gasteiger partial charge >= 0.3 is 0 Å². The molecule has 3 rings (SSSR count). The molecule has 3 aromatic rings. The van der Waals surface area contributed by atoms with Gasteiger partial charge in [-0.2, -0.15) is 0 Å². The van der Waals surface area contributed by atoms with E-state index in [1.54, 1.807) is 48.5 Å². The van der Waals surface area contributed by atoms with E-state index in [9.17, 15) is 16.8 Å². The van der Waals surface area contributed by atoms with Gasteiger partial charge in [0.2, 0.25) is 0 Å². The second kappa shape index (κ2) is 9.79. The monoisotopic (exact) mass is 456 g/mol. The van der Waals surface area contributed by atoms with Gasteiger partial charge in [-0.25, -0.2) is 16.8 Å². The summed E-state index contributed by atoms with van der Waals surface area (Å²) in [6.07, 6.45) is 0.729. The van der Waals surface area contributed by atoms with E-state index in [1.807, 2.05) is 44.2 Å². The fourth-order valence-electron chi connectivity index (χ4n) is 3.52. The molecule has 0 aliphatic carbocycles. The lowest BCUT2D eigenvalue weighted by molar-refractivity contribution is 0.570. The molecule has 0 heterocycles. The predicted molar refractivity (Wildman–Crippen MR) is 125 cm³/mol. The molecule has 0 saturated heterocycles. The van der Waals surface area contributed by atoms with Gasteiger partial charge in [0, 0.05) is 0 Å². The molecule has 0 aliphatic rings. The molecule has 0 atom stereocenters. The van der Waals surface area contributed by atoms with E-state index in [4.69, 9.17) is 0 Å². The average molecular weight is 457 g/mol. The predicted octanol–water partition coefficient (Wildman–Crippen LogP) is 5.12. The molecule has 3 aromatic carbocycles. The van der Waals surface area contributed by atoms with Crippen LogP contribution in [0.15, 0.2) is 88.7 Å². The van der Waals surface area contributed by atoms with Gasteiger partial charge in [0.05, 0.1) is 21.3 Å². The van der Waals surface area contributed by atoms with Crippen molar-refractivity contribution < 1.29 is 16.8 Å². The molecular formula is C25H28O4S2. The zero-order valence-electron chi connectivity index (χ0n) is 17.9. The van der Waals surface area contributed by atoms with E-state index in [-0.39, 0.29) is 17.4 Å². The maximum Gasteiger partial charge on any atom is 0.178 e. The number of hydrogen-bond donors (Lipinski definition) is 0. The van der Waals surface area contributed by atoms with Gasteiger partial charge < -0.3 is 0 Å². The number of rotatable bonds is 9. The lowest BCUT2D eigenvalue weighted by Gasteiger charge is -2.18. The summed E-state index contributed by atoms with van der Waals surface area (Å²) >= 11 is 0. The first-order valence-electron chi connectivity index (χ1n) is 10.3. The quantitative estimate of drug-likeness (QED) is 0.448. The summed E-state index contributed by atoms with van der Waals surface area (Å²) in [5.74, 6) is -0.220. The zero-order chi connectivity index (χ0) is 22.5. The Morgan fingerprint density at radius 1 is 0.581 bits per heavy atom. The van der Waals surface area contributed by atoms with Crippen LogP contribution in [0.1, 0.15) is 35.4 Å². The maximum absolute atomic E-state index is 12.8. The minimum absolute atomic E-state index is 0.0276. The van der Waals surface area contributed by atoms with E-state index >= 15 is 0 Å². The molecule has 0 saturated carbocycles. The molecule has 164 valence electrons. The SMILES string of the molecule is Cc1ccc(S(=O)(=O)CCC(CCS(=O)(=O)c2ccc(C)cc2)c2ccccc2)cc1. The van der Waals surface area contributed by atoms with Crippen molar-refractivity contribution in [2.45, 2.75) is 42.4 Å². The fourth-order valence-corrected chi connectivity index (χ4v) is 6.29. The molecule has 4 nitrogen and oxygen atoms in total. The molecule has 0 fully saturated rings. The topological polar surface area (TPSA) is 68.3 Å². The maximum atomic E-state index is 12.8. The van der Waals surface area contributed by atoms with Crippen molar-refractivity contribution in [3.63, 3.8) is 0 Å². The molecule has 0 amide bonds. The van der Waals surface area contributed by atoms with Crippen LogP contribution in [0.4, 0.5) is 0 Å². The Bertz CT molecular complexity index is 1120. The fraction of sp³-hybridized carbons (Fsp3) is 0.280. The van der Waals surface area contributed by atoms with Gasteiger partial charge in [-0.15, -0.1) is 0 Å². The molecule has 0 N–H and O–H groups in total. The normalized spacial score (nSPS) is 12.2. The van der Waals surface area contributed by atoms with Crippen LogP contribution < -0.4 is 0 Å². The lowest BCUT2D eigenvalue weighted by Crippen LogP contribution is -2.15. The highest BCUT2D eigenvalue weighted by molar-refractivity contribution is 7.91. The Morgan fingerprint density at radius 2 is 0.968 bits per heavy atom. The largest absolute Gasteiger partial charge is 0.224 e. The summed E-state index contributed by atoms with van der Waals surface area (Å²) in [5, 5.41) is 0. The van der Waals surface area contributed by atoms with Gasteiger partial charge in [0.1, 0.15) is 0 Å². The van der Waals surface area contributed by atoms with Gasteiger partial charge in [-0.05, 0) is 62.4 Å². The van der Waals surface area contributed by atoms with Gasteiger partial charge in [0.15, 0.2) is 19.7 Å². The van der Waals surface area contributed by atoms with Crippen LogP contribution in [0.2, 0.25) is 0 Å². The third-order valence-electron chi connectivity index (χ3n) is 5.50. The van der Waals surface area contributed by atoms with Crippen LogP contribution in [-0.4, -0.2) is 28.3 Å². The first kappa shape index (κ1) is 23.2. The van der Waals surface area contributed by atoms with Crippen molar-refractivity contribution in [1.29, 1.82) is 0 Å². The third-order valence-corrected chi connectivity index (χ3v) is 9.03. The van der Waals surface area contributed by atoms with Crippen LogP contribution >= 0.6 is 0 Å². The van der Waals surface area contributed by atoms with Gasteiger partial charge in [0.25, 0.3) is 0 Å². The van der Waals surface area contributed by atoms with Crippen molar-refractivity contribution in [1.82, 2.24) is 0 Å². The van der Waals surface area contributed by atoms with Crippen molar-refractivity contribution in [3.8, 4) is 0 Å². The molecule has 0 unspecified atom stereocenters. The van der Waals surface area contributed by atoms with E-state index in [0.717, 1.165) is 16.7 Å². The third kappa shape index (κ3) is 6.28. The molecular weight excluding hydrogens is 428 g/mol. The number of sulfone groups is 2. The second-order valence-corrected chi connectivity index (χ2v) is 12.2. The summed E-state index contributed by atoms with van der Waals surface area (Å²) in [5.41, 5.74) is 2.96. The summed E-state index contributed by atoms with van der Waals surface area (Å²) < 4.78 is 51.3. The molecule has 6 heteroatoms. The minimum Gasteiger partial charge on any atom is -0.224 e. The van der Waals surface area contributed by atoms with Crippen molar-refractivity contribution in [3.05, 3.63) is 95.6 Å². The van der Waals surface area contributed by atoms with E-state index in [0.29, 0.717) is 22.6 Å². The van der Waals surface area contributed by atoms with E-state index < -0.39 is 19.7 Å². The minimum atomic E-state index is -3.44. The smallest absolute Gasteiger partial charge is 0.178 e. The van der Waals surface area contributed by atoms with E-state index in [2.05, 4.69) is 0 Å². The van der Waals surface area contributed by atoms with Gasteiger partial charge in [-0.3, -0.25) is 0 Å². The molecule has 0 aromatic heterocycles. The Balaban J connectivity index is 1.76. The lowest BCUT2D eigenvalue weighted by atomic mass is 9.94. The molecule has 0 radical (unpaired) electrons. The summed E-state index contributed by atoms with van der Waals surface area (Å²) in [6, 6.07) is 23.2. The van der Waals surface area contributed by atoms with Crippen LogP contribution in [0.25, 0.3) is 0 Å². The standard InChI is InChI=1S/C25H28O4S2/c1-20-8-12-24(13-9-20)30(26,27)18-16-23(22-6-4-3-5-7-22)17-19-31(28,29)25-14-10-21(2)11-15-25/h3-15,23H,16-19H2,1-2H3. The Hall–Kier alpha value is -2.44. The van der Waals surface area contributed by atoms with Crippen LogP contribution in [0.5, 0.6) is 0 Å². The summed E-state index contributed by atoms with van der Waals surface area (Å²) in [4.78, 5) is 0.606. The molecule has 31 heavy (non-hydrogen) atoms. The zero-order valence-corrected chi connectivity index (χ0v) is 19.5. The highest BCUT2D eigenvalue weighted by Crippen LogP contribution is 2.27. The van der Waals surface area contributed by atoms with Gasteiger partial charge in [-0.1, -0.05) is 65.7 Å². The number of hydrogen-bond acceptors (Lipinski definition) is 4. The highest BCUT2D eigenvalue weighted by Gasteiger charge is 2.22. The molecule has 0 spiro atoms. The molecule has 0 bridgehead atoms. The average Bonchev–Trinajstić information content (AvgIpc) is 2.75. The second-order valence-electron chi connectivity index (χ2n) is 7.95. The highest BCUT2D eigenvalue weighted by atomic mass is 32.2.